The van der Waals surface area contributed by atoms with Crippen molar-refractivity contribution in [2.24, 2.45) is 5.73 Å². The van der Waals surface area contributed by atoms with Crippen molar-refractivity contribution in [3.05, 3.63) is 18.0 Å². The Kier molecular flexibility index (Phi) is 3.98. The predicted molar refractivity (Wildman–Crippen MR) is 81.5 cm³/mol. The molecule has 114 valence electrons. The monoisotopic (exact) mass is 290 g/mol. The van der Waals surface area contributed by atoms with Crippen LogP contribution >= 0.6 is 0 Å². The van der Waals surface area contributed by atoms with Crippen LogP contribution in [-0.2, 0) is 13.1 Å². The van der Waals surface area contributed by atoms with Crippen molar-refractivity contribution in [2.75, 3.05) is 27.4 Å². The minimum absolute atomic E-state index is 0.291. The molecular formula is C15H22N4O2. The molecular weight excluding hydrogens is 268 g/mol. The fourth-order valence-electron chi connectivity index (χ4n) is 2.63. The van der Waals surface area contributed by atoms with Crippen LogP contribution in [0, 0.1) is 0 Å². The fourth-order valence-corrected chi connectivity index (χ4v) is 2.63. The van der Waals surface area contributed by atoms with Crippen LogP contribution in [-0.4, -0.2) is 41.9 Å². The van der Waals surface area contributed by atoms with E-state index in [4.69, 9.17) is 20.2 Å². The molecule has 1 aromatic carbocycles. The molecule has 1 aromatic heterocycles. The number of nitrogens with zero attached hydrogens (tertiary/aromatic N) is 3. The van der Waals surface area contributed by atoms with Gasteiger partial charge in [0.05, 0.1) is 17.6 Å². The molecule has 2 N–H and O–H groups in total. The second kappa shape index (κ2) is 5.91. The van der Waals surface area contributed by atoms with Gasteiger partial charge < -0.3 is 24.7 Å². The first kappa shape index (κ1) is 14.2. The molecule has 0 aliphatic carbocycles. The Morgan fingerprint density at radius 2 is 2.00 bits per heavy atom. The molecule has 2 aromatic rings. The summed E-state index contributed by atoms with van der Waals surface area (Å²) in [6.45, 7) is 2.75. The largest absolute Gasteiger partial charge is 0.454 e. The van der Waals surface area contributed by atoms with Crippen LogP contribution in [0.1, 0.15) is 18.7 Å². The molecule has 2 heterocycles. The number of aryl methyl sites for hydroxylation is 1. The van der Waals surface area contributed by atoms with Crippen molar-refractivity contribution < 1.29 is 9.47 Å². The van der Waals surface area contributed by atoms with E-state index >= 15 is 0 Å². The number of fused-ring (bicyclic) bond motifs is 2. The third-order valence-electron chi connectivity index (χ3n) is 3.62. The Morgan fingerprint density at radius 1 is 1.24 bits per heavy atom. The fraction of sp³-hybridized carbons (Fsp3) is 0.533. The number of hydrogen-bond acceptors (Lipinski definition) is 5. The van der Waals surface area contributed by atoms with E-state index in [1.165, 1.54) is 0 Å². The predicted octanol–water partition coefficient (Wildman–Crippen LogP) is 1.57. The number of imidazole rings is 1. The van der Waals surface area contributed by atoms with E-state index in [-0.39, 0.29) is 0 Å². The summed E-state index contributed by atoms with van der Waals surface area (Å²) in [5, 5.41) is 0. The molecule has 0 amide bonds. The van der Waals surface area contributed by atoms with Gasteiger partial charge in [-0.2, -0.15) is 0 Å². The molecule has 3 rings (SSSR count). The zero-order valence-electron chi connectivity index (χ0n) is 12.6. The first-order valence-electron chi connectivity index (χ1n) is 7.32. The molecule has 0 saturated carbocycles. The summed E-state index contributed by atoms with van der Waals surface area (Å²) in [7, 11) is 4.10. The second-order valence-electron chi connectivity index (χ2n) is 5.61. The van der Waals surface area contributed by atoms with Gasteiger partial charge in [0, 0.05) is 18.7 Å². The molecule has 0 spiro atoms. The normalized spacial score (nSPS) is 13.5. The third kappa shape index (κ3) is 2.82. The summed E-state index contributed by atoms with van der Waals surface area (Å²) in [6.07, 6.45) is 2.07. The van der Waals surface area contributed by atoms with Crippen LogP contribution in [0.5, 0.6) is 11.5 Å². The van der Waals surface area contributed by atoms with Gasteiger partial charge in [0.2, 0.25) is 6.79 Å². The summed E-state index contributed by atoms with van der Waals surface area (Å²) >= 11 is 0. The van der Waals surface area contributed by atoms with Gasteiger partial charge in [0.1, 0.15) is 5.82 Å². The summed E-state index contributed by atoms with van der Waals surface area (Å²) in [4.78, 5) is 6.89. The number of benzene rings is 1. The molecule has 1 aliphatic rings. The van der Waals surface area contributed by atoms with Gasteiger partial charge in [-0.3, -0.25) is 0 Å². The lowest BCUT2D eigenvalue weighted by Crippen LogP contribution is -2.16. The van der Waals surface area contributed by atoms with E-state index in [0.717, 1.165) is 60.8 Å². The van der Waals surface area contributed by atoms with E-state index in [0.29, 0.717) is 6.79 Å². The van der Waals surface area contributed by atoms with Crippen LogP contribution in [0.4, 0.5) is 0 Å². The number of ether oxygens (including phenoxy) is 2. The highest BCUT2D eigenvalue weighted by Gasteiger charge is 2.19. The summed E-state index contributed by atoms with van der Waals surface area (Å²) in [5.41, 5.74) is 7.67. The van der Waals surface area contributed by atoms with Crippen LogP contribution < -0.4 is 15.2 Å². The summed E-state index contributed by atoms with van der Waals surface area (Å²) in [5.74, 6) is 2.65. The van der Waals surface area contributed by atoms with Gasteiger partial charge in [-0.15, -0.1) is 0 Å². The maximum Gasteiger partial charge on any atom is 0.231 e. The van der Waals surface area contributed by atoms with Gasteiger partial charge in [0.15, 0.2) is 11.5 Å². The third-order valence-corrected chi connectivity index (χ3v) is 3.62. The molecule has 1 aliphatic heterocycles. The van der Waals surface area contributed by atoms with Gasteiger partial charge >= 0.3 is 0 Å². The van der Waals surface area contributed by atoms with Gasteiger partial charge in [-0.05, 0) is 33.5 Å². The van der Waals surface area contributed by atoms with Crippen LogP contribution in [0.2, 0.25) is 0 Å². The molecule has 6 nitrogen and oxygen atoms in total. The van der Waals surface area contributed by atoms with Crippen molar-refractivity contribution in [3.8, 4) is 11.5 Å². The molecule has 0 atom stereocenters. The topological polar surface area (TPSA) is 65.5 Å². The number of rotatable bonds is 6. The molecule has 21 heavy (non-hydrogen) atoms. The van der Waals surface area contributed by atoms with Crippen LogP contribution in [0.15, 0.2) is 12.1 Å². The lowest BCUT2D eigenvalue weighted by atomic mass is 10.2. The van der Waals surface area contributed by atoms with Crippen LogP contribution in [0.3, 0.4) is 0 Å². The Bertz CT molecular complexity index is 636. The second-order valence-corrected chi connectivity index (χ2v) is 5.61. The average Bonchev–Trinajstić information content (AvgIpc) is 3.00. The maximum atomic E-state index is 5.60. The zero-order valence-corrected chi connectivity index (χ0v) is 12.6. The van der Waals surface area contributed by atoms with Gasteiger partial charge in [-0.1, -0.05) is 0 Å². The van der Waals surface area contributed by atoms with Crippen molar-refractivity contribution in [2.45, 2.75) is 25.9 Å². The van der Waals surface area contributed by atoms with E-state index < -0.39 is 0 Å². The van der Waals surface area contributed by atoms with Crippen molar-refractivity contribution >= 4 is 11.0 Å². The molecule has 0 unspecified atom stereocenters. The minimum Gasteiger partial charge on any atom is -0.454 e. The smallest absolute Gasteiger partial charge is 0.231 e. The Morgan fingerprint density at radius 3 is 2.71 bits per heavy atom. The standard InChI is InChI=1S/C15H22N4O2/c1-18(2)9-15-17-11-7-13-14(21-10-20-13)8-12(11)19(15)6-4-3-5-16/h7-8H,3-6,9-10,16H2,1-2H3. The van der Waals surface area contributed by atoms with Gasteiger partial charge in [-0.25, -0.2) is 4.98 Å². The zero-order chi connectivity index (χ0) is 14.8. The quantitative estimate of drug-likeness (QED) is 0.818. The lowest BCUT2D eigenvalue weighted by Gasteiger charge is -2.12. The highest BCUT2D eigenvalue weighted by Crippen LogP contribution is 2.36. The first-order chi connectivity index (χ1) is 10.2. The van der Waals surface area contributed by atoms with Crippen molar-refractivity contribution in [1.29, 1.82) is 0 Å². The lowest BCUT2D eigenvalue weighted by molar-refractivity contribution is 0.174. The highest BCUT2D eigenvalue weighted by molar-refractivity contribution is 5.81. The molecule has 0 radical (unpaired) electrons. The van der Waals surface area contributed by atoms with E-state index in [1.807, 2.05) is 12.1 Å². The maximum absolute atomic E-state index is 5.60. The number of nitrogens with two attached hydrogens (primary N) is 1. The van der Waals surface area contributed by atoms with E-state index in [2.05, 4.69) is 23.6 Å². The number of hydrogen-bond donors (Lipinski definition) is 1. The average molecular weight is 290 g/mol. The summed E-state index contributed by atoms with van der Waals surface area (Å²) in [6, 6.07) is 4.00. The van der Waals surface area contributed by atoms with Crippen molar-refractivity contribution in [1.82, 2.24) is 14.5 Å². The van der Waals surface area contributed by atoms with Gasteiger partial charge in [0.25, 0.3) is 0 Å². The highest BCUT2D eigenvalue weighted by atomic mass is 16.7. The van der Waals surface area contributed by atoms with Crippen molar-refractivity contribution in [3.63, 3.8) is 0 Å². The van der Waals surface area contributed by atoms with E-state index in [9.17, 15) is 0 Å². The molecule has 0 fully saturated rings. The Labute approximate surface area is 124 Å². The SMILES string of the molecule is CN(C)Cc1nc2cc3c(cc2n1CCCCN)OCO3. The number of aromatic nitrogens is 2. The van der Waals surface area contributed by atoms with E-state index in [1.54, 1.807) is 0 Å². The van der Waals surface area contributed by atoms with Crippen LogP contribution in [0.25, 0.3) is 11.0 Å². The Hall–Kier alpha value is -1.79. The summed E-state index contributed by atoms with van der Waals surface area (Å²) < 4.78 is 13.2. The molecule has 6 heteroatoms. The first-order valence-corrected chi connectivity index (χ1v) is 7.32. The molecule has 0 bridgehead atoms. The number of unbranched alkanes of at least 4 members (excludes halogenated alkanes) is 1. The molecule has 0 saturated heterocycles. The minimum atomic E-state index is 0.291. The Balaban J connectivity index is 2.00.